The molecule has 1 aromatic rings. The predicted molar refractivity (Wildman–Crippen MR) is 78.6 cm³/mol. The third-order valence-electron chi connectivity index (χ3n) is 3.03. The number of hydrogen-bond donors (Lipinski definition) is 3. The Bertz CT molecular complexity index is 492. The number of likely N-dealkylation sites (N-methyl/N-ethyl adjacent to an activating group) is 1. The summed E-state index contributed by atoms with van der Waals surface area (Å²) in [5, 5.41) is 23.3. The van der Waals surface area contributed by atoms with Gasteiger partial charge in [-0.1, -0.05) is 11.6 Å². The summed E-state index contributed by atoms with van der Waals surface area (Å²) < 4.78 is 11.1. The SMILES string of the molecule is CNCC1OB(O)c2c(OCC(C)(C)O)ccc(Cl)c21. The molecule has 0 bridgehead atoms. The lowest BCUT2D eigenvalue weighted by Crippen LogP contribution is -2.33. The maximum absolute atomic E-state index is 10.1. The Morgan fingerprint density at radius 1 is 1.50 bits per heavy atom. The Morgan fingerprint density at radius 2 is 2.20 bits per heavy atom. The summed E-state index contributed by atoms with van der Waals surface area (Å²) in [6.45, 7) is 3.96. The van der Waals surface area contributed by atoms with Gasteiger partial charge < -0.3 is 24.8 Å². The predicted octanol–water partition coefficient (Wildman–Crippen LogP) is 0.468. The molecular formula is C13H19BClNO4. The highest BCUT2D eigenvalue weighted by Crippen LogP contribution is 2.33. The van der Waals surface area contributed by atoms with Crippen molar-refractivity contribution in [2.45, 2.75) is 25.6 Å². The van der Waals surface area contributed by atoms with E-state index in [4.69, 9.17) is 21.0 Å². The number of hydrogen-bond acceptors (Lipinski definition) is 5. The molecule has 1 unspecified atom stereocenters. The van der Waals surface area contributed by atoms with Crippen LogP contribution in [0.4, 0.5) is 0 Å². The molecule has 1 aliphatic heterocycles. The first-order valence-corrected chi connectivity index (χ1v) is 6.87. The lowest BCUT2D eigenvalue weighted by Gasteiger charge is -2.20. The number of benzene rings is 1. The van der Waals surface area contributed by atoms with E-state index in [1.54, 1.807) is 33.0 Å². The first-order valence-electron chi connectivity index (χ1n) is 6.49. The molecule has 7 heteroatoms. The third kappa shape index (κ3) is 3.27. The molecule has 0 spiro atoms. The van der Waals surface area contributed by atoms with Crippen LogP contribution in [-0.4, -0.2) is 43.0 Å². The van der Waals surface area contributed by atoms with Crippen LogP contribution < -0.4 is 15.5 Å². The van der Waals surface area contributed by atoms with Gasteiger partial charge in [0, 0.05) is 22.6 Å². The summed E-state index contributed by atoms with van der Waals surface area (Å²) in [4.78, 5) is 0. The zero-order valence-electron chi connectivity index (χ0n) is 11.8. The van der Waals surface area contributed by atoms with Crippen molar-refractivity contribution >= 4 is 24.2 Å². The summed E-state index contributed by atoms with van der Waals surface area (Å²) in [6.07, 6.45) is -0.316. The lowest BCUT2D eigenvalue weighted by atomic mass is 9.78. The van der Waals surface area contributed by atoms with E-state index in [0.29, 0.717) is 22.8 Å². The van der Waals surface area contributed by atoms with E-state index in [2.05, 4.69) is 5.32 Å². The number of aliphatic hydroxyl groups is 1. The molecule has 110 valence electrons. The van der Waals surface area contributed by atoms with Gasteiger partial charge in [0.1, 0.15) is 12.4 Å². The van der Waals surface area contributed by atoms with Crippen LogP contribution in [0.2, 0.25) is 5.02 Å². The number of rotatable bonds is 5. The second-order valence-corrected chi connectivity index (χ2v) is 5.92. The average molecular weight is 300 g/mol. The number of halogens is 1. The lowest BCUT2D eigenvalue weighted by molar-refractivity contribution is 0.0288. The molecule has 0 aliphatic carbocycles. The minimum Gasteiger partial charge on any atom is -0.491 e. The molecule has 0 radical (unpaired) electrons. The second kappa shape index (κ2) is 5.91. The molecule has 1 atom stereocenters. The van der Waals surface area contributed by atoms with Gasteiger partial charge in [0.05, 0.1) is 11.7 Å². The fraction of sp³-hybridized carbons (Fsp3) is 0.538. The molecule has 5 nitrogen and oxygen atoms in total. The Labute approximate surface area is 124 Å². The Hall–Kier alpha value is -0.785. The maximum Gasteiger partial charge on any atom is 0.495 e. The van der Waals surface area contributed by atoms with Crippen LogP contribution in [0.5, 0.6) is 5.75 Å². The molecule has 3 N–H and O–H groups in total. The maximum atomic E-state index is 10.1. The van der Waals surface area contributed by atoms with E-state index in [0.717, 1.165) is 5.56 Å². The molecule has 2 rings (SSSR count). The summed E-state index contributed by atoms with van der Waals surface area (Å²) in [5.74, 6) is 0.484. The Balaban J connectivity index is 2.33. The van der Waals surface area contributed by atoms with Gasteiger partial charge in [0.2, 0.25) is 0 Å². The third-order valence-corrected chi connectivity index (χ3v) is 3.36. The number of fused-ring (bicyclic) bond motifs is 1. The zero-order valence-corrected chi connectivity index (χ0v) is 12.6. The van der Waals surface area contributed by atoms with E-state index >= 15 is 0 Å². The highest BCUT2D eigenvalue weighted by atomic mass is 35.5. The summed E-state index contributed by atoms with van der Waals surface area (Å²) in [7, 11) is 0.731. The van der Waals surface area contributed by atoms with Gasteiger partial charge in [-0.3, -0.25) is 0 Å². The standard InChI is InChI=1S/C13H19BClNO4/c1-13(2,17)7-19-9-5-4-8(15)11-10(6-16-3)20-14(18)12(9)11/h4-5,10,16-18H,6-7H2,1-3H3. The zero-order chi connectivity index (χ0) is 14.9. The van der Waals surface area contributed by atoms with Crippen molar-refractivity contribution in [2.24, 2.45) is 0 Å². The highest BCUT2D eigenvalue weighted by Gasteiger charge is 2.39. The minimum absolute atomic E-state index is 0.116. The van der Waals surface area contributed by atoms with Crippen LogP contribution in [0.1, 0.15) is 25.5 Å². The molecule has 1 heterocycles. The van der Waals surface area contributed by atoms with Gasteiger partial charge in [-0.2, -0.15) is 0 Å². The quantitative estimate of drug-likeness (QED) is 0.690. The smallest absolute Gasteiger partial charge is 0.491 e. The van der Waals surface area contributed by atoms with Gasteiger partial charge >= 0.3 is 7.12 Å². The molecule has 1 aromatic carbocycles. The monoisotopic (exact) mass is 299 g/mol. The van der Waals surface area contributed by atoms with Crippen molar-refractivity contribution < 1.29 is 19.5 Å². The average Bonchev–Trinajstić information content (AvgIpc) is 2.66. The van der Waals surface area contributed by atoms with Crippen molar-refractivity contribution in [1.29, 1.82) is 0 Å². The molecule has 0 saturated carbocycles. The largest absolute Gasteiger partial charge is 0.495 e. The van der Waals surface area contributed by atoms with Crippen LogP contribution in [0.15, 0.2) is 12.1 Å². The van der Waals surface area contributed by atoms with E-state index in [1.807, 2.05) is 0 Å². The van der Waals surface area contributed by atoms with E-state index in [1.165, 1.54) is 0 Å². The summed E-state index contributed by atoms with van der Waals surface area (Å²) in [5.41, 5.74) is 0.324. The van der Waals surface area contributed by atoms with E-state index < -0.39 is 12.7 Å². The minimum atomic E-state index is -1.07. The van der Waals surface area contributed by atoms with Gasteiger partial charge in [0.25, 0.3) is 0 Å². The fourth-order valence-electron chi connectivity index (χ4n) is 2.18. The Kier molecular flexibility index (Phi) is 4.61. The van der Waals surface area contributed by atoms with Crippen LogP contribution >= 0.6 is 11.6 Å². The topological polar surface area (TPSA) is 71.0 Å². The molecule has 0 saturated heterocycles. The van der Waals surface area contributed by atoms with Crippen molar-refractivity contribution in [3.63, 3.8) is 0 Å². The molecule has 20 heavy (non-hydrogen) atoms. The first kappa shape index (κ1) is 15.6. The van der Waals surface area contributed by atoms with Crippen molar-refractivity contribution in [1.82, 2.24) is 5.32 Å². The van der Waals surface area contributed by atoms with Crippen molar-refractivity contribution in [2.75, 3.05) is 20.2 Å². The van der Waals surface area contributed by atoms with E-state index in [-0.39, 0.29) is 12.7 Å². The van der Waals surface area contributed by atoms with Crippen LogP contribution in [0.3, 0.4) is 0 Å². The highest BCUT2D eigenvalue weighted by molar-refractivity contribution is 6.63. The van der Waals surface area contributed by atoms with Crippen molar-refractivity contribution in [3.05, 3.63) is 22.7 Å². The molecule has 0 amide bonds. The number of nitrogens with one attached hydrogen (secondary N) is 1. The molecular weight excluding hydrogens is 280 g/mol. The Morgan fingerprint density at radius 3 is 2.80 bits per heavy atom. The van der Waals surface area contributed by atoms with Gasteiger partial charge in [-0.05, 0) is 33.0 Å². The van der Waals surface area contributed by atoms with Crippen LogP contribution in [0, 0.1) is 0 Å². The first-order chi connectivity index (χ1) is 9.33. The second-order valence-electron chi connectivity index (χ2n) is 5.51. The number of ether oxygens (including phenoxy) is 1. The summed E-state index contributed by atoms with van der Waals surface area (Å²) in [6, 6.07) is 3.39. The van der Waals surface area contributed by atoms with Gasteiger partial charge in [0.15, 0.2) is 0 Å². The van der Waals surface area contributed by atoms with Gasteiger partial charge in [-0.25, -0.2) is 0 Å². The molecule has 1 aliphatic rings. The van der Waals surface area contributed by atoms with E-state index in [9.17, 15) is 10.1 Å². The fourth-order valence-corrected chi connectivity index (χ4v) is 2.47. The molecule has 0 fully saturated rings. The van der Waals surface area contributed by atoms with Crippen LogP contribution in [-0.2, 0) is 4.65 Å². The van der Waals surface area contributed by atoms with Crippen LogP contribution in [0.25, 0.3) is 0 Å². The van der Waals surface area contributed by atoms with Crippen molar-refractivity contribution in [3.8, 4) is 5.75 Å². The van der Waals surface area contributed by atoms with Gasteiger partial charge in [-0.15, -0.1) is 0 Å². The normalized spacial score (nSPS) is 18.3. The summed E-state index contributed by atoms with van der Waals surface area (Å²) >= 11 is 6.20. The molecule has 0 aromatic heterocycles.